The Morgan fingerprint density at radius 2 is 2.21 bits per heavy atom. The Bertz CT molecular complexity index is 725. The van der Waals surface area contributed by atoms with Gasteiger partial charge in [0.2, 0.25) is 5.89 Å². The monoisotopic (exact) mass is 311 g/mol. The van der Waals surface area contributed by atoms with Crippen molar-refractivity contribution in [2.45, 2.75) is 23.4 Å². The van der Waals surface area contributed by atoms with E-state index in [1.807, 2.05) is 32.0 Å². The van der Waals surface area contributed by atoms with Crippen LogP contribution in [0.15, 0.2) is 27.1 Å². The van der Waals surface area contributed by atoms with Gasteiger partial charge >= 0.3 is 0 Å². The van der Waals surface area contributed by atoms with E-state index in [0.29, 0.717) is 16.7 Å². The highest BCUT2D eigenvalue weighted by Crippen LogP contribution is 2.38. The van der Waals surface area contributed by atoms with Crippen LogP contribution < -0.4 is 0 Å². The second-order valence-corrected chi connectivity index (χ2v) is 7.09. The molecule has 0 aliphatic heterocycles. The molecule has 3 aromatic rings. The first-order valence-corrected chi connectivity index (χ1v) is 7.72. The first-order chi connectivity index (χ1) is 9.11. The highest BCUT2D eigenvalue weighted by Gasteiger charge is 2.16. The number of aromatic nitrogens is 3. The predicted octanol–water partition coefficient (Wildman–Crippen LogP) is 4.49. The topological polar surface area (TPSA) is 51.8 Å². The van der Waals surface area contributed by atoms with E-state index in [1.165, 1.54) is 0 Å². The Balaban J connectivity index is 1.85. The smallest absolute Gasteiger partial charge is 0.239 e. The molecule has 0 bridgehead atoms. The number of hydrogen-bond donors (Lipinski definition) is 0. The van der Waals surface area contributed by atoms with Gasteiger partial charge in [-0.1, -0.05) is 28.5 Å². The van der Waals surface area contributed by atoms with Crippen molar-refractivity contribution in [1.29, 1.82) is 0 Å². The second kappa shape index (κ2) is 5.11. The Morgan fingerprint density at radius 3 is 2.95 bits per heavy atom. The molecule has 1 atom stereocenters. The van der Waals surface area contributed by atoms with Crippen LogP contribution in [0, 0.1) is 6.92 Å². The fourth-order valence-corrected chi connectivity index (χ4v) is 4.00. The van der Waals surface area contributed by atoms with Crippen LogP contribution in [0.25, 0.3) is 10.2 Å². The highest BCUT2D eigenvalue weighted by molar-refractivity contribution is 8.01. The van der Waals surface area contributed by atoms with Crippen LogP contribution in [-0.2, 0) is 0 Å². The molecule has 98 valence electrons. The summed E-state index contributed by atoms with van der Waals surface area (Å²) < 4.78 is 7.26. The lowest BCUT2D eigenvalue weighted by atomic mass is 10.3. The van der Waals surface area contributed by atoms with Gasteiger partial charge in [-0.15, -0.1) is 11.3 Å². The van der Waals surface area contributed by atoms with E-state index in [2.05, 4.69) is 15.1 Å². The van der Waals surface area contributed by atoms with Gasteiger partial charge in [-0.2, -0.15) is 4.98 Å². The summed E-state index contributed by atoms with van der Waals surface area (Å²) in [6.45, 7) is 3.83. The zero-order valence-electron chi connectivity index (χ0n) is 10.3. The molecule has 0 saturated heterocycles. The van der Waals surface area contributed by atoms with Crippen LogP contribution >= 0.6 is 34.7 Å². The van der Waals surface area contributed by atoms with Crippen molar-refractivity contribution in [2.24, 2.45) is 0 Å². The maximum absolute atomic E-state index is 5.96. The lowest BCUT2D eigenvalue weighted by Gasteiger charge is -2.01. The molecular formula is C12H10ClN3OS2. The zero-order chi connectivity index (χ0) is 13.4. The molecule has 0 N–H and O–H groups in total. The second-order valence-electron chi connectivity index (χ2n) is 4.03. The molecule has 0 amide bonds. The van der Waals surface area contributed by atoms with Gasteiger partial charge in [0.1, 0.15) is 0 Å². The molecule has 2 heterocycles. The molecule has 0 saturated carbocycles. The highest BCUT2D eigenvalue weighted by atomic mass is 35.5. The normalized spacial score (nSPS) is 13.0. The van der Waals surface area contributed by atoms with Crippen molar-refractivity contribution in [3.63, 3.8) is 0 Å². The molecule has 0 radical (unpaired) electrons. The number of thiazole rings is 1. The summed E-state index contributed by atoms with van der Waals surface area (Å²) in [6, 6.07) is 5.74. The van der Waals surface area contributed by atoms with E-state index in [-0.39, 0.29) is 5.25 Å². The minimum atomic E-state index is 0.0808. The lowest BCUT2D eigenvalue weighted by Crippen LogP contribution is -1.88. The average Bonchev–Trinajstić information content (AvgIpc) is 2.94. The number of fused-ring (bicyclic) bond motifs is 1. The summed E-state index contributed by atoms with van der Waals surface area (Å²) in [6.07, 6.45) is 0. The van der Waals surface area contributed by atoms with Crippen LogP contribution in [0.2, 0.25) is 5.02 Å². The van der Waals surface area contributed by atoms with Crippen LogP contribution in [0.5, 0.6) is 0 Å². The maximum Gasteiger partial charge on any atom is 0.239 e. The Labute approximate surface area is 123 Å². The van der Waals surface area contributed by atoms with Gasteiger partial charge in [-0.3, -0.25) is 0 Å². The Hall–Kier alpha value is -1.11. The SMILES string of the molecule is Cc1noc(C(C)Sc2nc3cc(Cl)ccc3s2)n1. The van der Waals surface area contributed by atoms with Crippen molar-refractivity contribution < 1.29 is 4.52 Å². The molecule has 19 heavy (non-hydrogen) atoms. The molecule has 4 nitrogen and oxygen atoms in total. The van der Waals surface area contributed by atoms with Crippen LogP contribution in [0.3, 0.4) is 0 Å². The van der Waals surface area contributed by atoms with Crippen molar-refractivity contribution in [3.8, 4) is 0 Å². The molecule has 0 aliphatic carbocycles. The maximum atomic E-state index is 5.96. The summed E-state index contributed by atoms with van der Waals surface area (Å²) in [5, 5.41) is 4.58. The predicted molar refractivity (Wildman–Crippen MR) is 77.9 cm³/mol. The first kappa shape index (κ1) is 12.9. The van der Waals surface area contributed by atoms with E-state index >= 15 is 0 Å². The first-order valence-electron chi connectivity index (χ1n) is 5.65. The van der Waals surface area contributed by atoms with Crippen LogP contribution in [-0.4, -0.2) is 15.1 Å². The summed E-state index contributed by atoms with van der Waals surface area (Å²) >= 11 is 9.21. The standard InChI is InChI=1S/C12H10ClN3OS2/c1-6(11-14-7(2)16-17-11)18-12-15-9-5-8(13)3-4-10(9)19-12/h3-6H,1-2H3. The number of nitrogens with zero attached hydrogens (tertiary/aromatic N) is 3. The van der Waals surface area contributed by atoms with Gasteiger partial charge < -0.3 is 4.52 Å². The summed E-state index contributed by atoms with van der Waals surface area (Å²) in [7, 11) is 0. The van der Waals surface area contributed by atoms with E-state index in [4.69, 9.17) is 16.1 Å². The average molecular weight is 312 g/mol. The molecule has 1 unspecified atom stereocenters. The minimum Gasteiger partial charge on any atom is -0.338 e. The fraction of sp³-hybridized carbons (Fsp3) is 0.250. The van der Waals surface area contributed by atoms with E-state index in [9.17, 15) is 0 Å². The third-order valence-electron chi connectivity index (χ3n) is 2.50. The summed E-state index contributed by atoms with van der Waals surface area (Å²) in [5.41, 5.74) is 0.925. The largest absolute Gasteiger partial charge is 0.338 e. The number of rotatable bonds is 3. The molecule has 2 aromatic heterocycles. The van der Waals surface area contributed by atoms with E-state index in [0.717, 1.165) is 14.6 Å². The van der Waals surface area contributed by atoms with E-state index < -0.39 is 0 Å². The van der Waals surface area contributed by atoms with Crippen molar-refractivity contribution in [3.05, 3.63) is 34.9 Å². The minimum absolute atomic E-state index is 0.0808. The van der Waals surface area contributed by atoms with Crippen LogP contribution in [0.4, 0.5) is 0 Å². The molecule has 0 fully saturated rings. The zero-order valence-corrected chi connectivity index (χ0v) is 12.6. The van der Waals surface area contributed by atoms with Gasteiger partial charge in [0.15, 0.2) is 10.2 Å². The number of aryl methyl sites for hydroxylation is 1. The lowest BCUT2D eigenvalue weighted by molar-refractivity contribution is 0.376. The Morgan fingerprint density at radius 1 is 1.37 bits per heavy atom. The van der Waals surface area contributed by atoms with Gasteiger partial charge in [0, 0.05) is 5.02 Å². The molecule has 3 rings (SSSR count). The van der Waals surface area contributed by atoms with Gasteiger partial charge in [0.25, 0.3) is 0 Å². The molecular weight excluding hydrogens is 302 g/mol. The van der Waals surface area contributed by atoms with Crippen LogP contribution in [0.1, 0.15) is 23.9 Å². The van der Waals surface area contributed by atoms with Crippen molar-refractivity contribution in [1.82, 2.24) is 15.1 Å². The van der Waals surface area contributed by atoms with Crippen molar-refractivity contribution in [2.75, 3.05) is 0 Å². The van der Waals surface area contributed by atoms with Gasteiger partial charge in [-0.05, 0) is 32.0 Å². The van der Waals surface area contributed by atoms with E-state index in [1.54, 1.807) is 23.1 Å². The number of thioether (sulfide) groups is 1. The van der Waals surface area contributed by atoms with Gasteiger partial charge in [0.05, 0.1) is 15.5 Å². The number of hydrogen-bond acceptors (Lipinski definition) is 6. The van der Waals surface area contributed by atoms with Gasteiger partial charge in [-0.25, -0.2) is 4.98 Å². The molecule has 0 aliphatic rings. The third kappa shape index (κ3) is 2.75. The molecule has 1 aromatic carbocycles. The number of halogens is 1. The molecule has 7 heteroatoms. The third-order valence-corrected chi connectivity index (χ3v) is 4.95. The number of benzene rings is 1. The summed E-state index contributed by atoms with van der Waals surface area (Å²) in [5.74, 6) is 1.28. The quantitative estimate of drug-likeness (QED) is 0.667. The Kier molecular flexibility index (Phi) is 3.47. The van der Waals surface area contributed by atoms with Crippen molar-refractivity contribution >= 4 is 44.9 Å². The summed E-state index contributed by atoms with van der Waals surface area (Å²) in [4.78, 5) is 8.78. The molecule has 0 spiro atoms. The fourth-order valence-electron chi connectivity index (χ4n) is 1.61.